The molecule has 2 aromatic carbocycles. The number of hydrogen-bond acceptors (Lipinski definition) is 7. The van der Waals surface area contributed by atoms with Gasteiger partial charge in [-0.1, -0.05) is 0 Å². The van der Waals surface area contributed by atoms with Crippen LogP contribution >= 0.6 is 0 Å². The molecular formula is C20H20N4O6. The molecule has 2 aliphatic heterocycles. The smallest absolute Gasteiger partial charge is 0.361 e. The normalized spacial score (nSPS) is 17.1. The van der Waals surface area contributed by atoms with Gasteiger partial charge in [0.1, 0.15) is 0 Å². The molecule has 0 fully saturated rings. The number of rotatable bonds is 3. The number of nitro benzene ring substituents is 1. The monoisotopic (exact) mass is 412 g/mol. The van der Waals surface area contributed by atoms with Crippen LogP contribution in [0.1, 0.15) is 29.2 Å². The number of nitro groups is 1. The first kappa shape index (κ1) is 19.6. The van der Waals surface area contributed by atoms with Crippen molar-refractivity contribution >= 4 is 17.4 Å². The van der Waals surface area contributed by atoms with Crippen LogP contribution in [0, 0.1) is 17.0 Å². The van der Waals surface area contributed by atoms with Crippen molar-refractivity contribution in [3.8, 4) is 11.5 Å². The summed E-state index contributed by atoms with van der Waals surface area (Å²) in [5.74, 6) is 1.22. The molecule has 2 aliphatic rings. The van der Waals surface area contributed by atoms with E-state index in [1.807, 2.05) is 19.1 Å². The van der Waals surface area contributed by atoms with Crippen LogP contribution in [0.25, 0.3) is 0 Å². The summed E-state index contributed by atoms with van der Waals surface area (Å²) in [6.07, 6.45) is 0.516. The van der Waals surface area contributed by atoms with Crippen LogP contribution in [-0.2, 0) is 11.3 Å². The summed E-state index contributed by atoms with van der Waals surface area (Å²) in [6.45, 7) is 3.67. The van der Waals surface area contributed by atoms with E-state index in [9.17, 15) is 14.9 Å². The van der Waals surface area contributed by atoms with Gasteiger partial charge < -0.3 is 9.47 Å². The molecule has 1 atom stereocenters. The number of carbonyl (C=O) groups is 1. The van der Waals surface area contributed by atoms with Crippen LogP contribution in [-0.4, -0.2) is 41.6 Å². The number of hydroxylamine groups is 1. The molecule has 30 heavy (non-hydrogen) atoms. The molecule has 156 valence electrons. The molecule has 1 N–H and O–H groups in total. The molecular weight excluding hydrogens is 392 g/mol. The van der Waals surface area contributed by atoms with Gasteiger partial charge in [-0.05, 0) is 50.1 Å². The summed E-state index contributed by atoms with van der Waals surface area (Å²) in [4.78, 5) is 28.1. The summed E-state index contributed by atoms with van der Waals surface area (Å²) in [5, 5.41) is 17.1. The second-order valence-electron chi connectivity index (χ2n) is 7.08. The van der Waals surface area contributed by atoms with Gasteiger partial charge in [-0.25, -0.2) is 15.3 Å². The fraction of sp³-hybridized carbons (Fsp3) is 0.300. The van der Waals surface area contributed by atoms with Crippen molar-refractivity contribution in [3.05, 3.63) is 62.7 Å². The topological polar surface area (TPSA) is 116 Å². The molecule has 0 saturated carbocycles. The van der Waals surface area contributed by atoms with E-state index in [1.54, 1.807) is 19.1 Å². The molecule has 10 nitrogen and oxygen atoms in total. The number of urea groups is 1. The van der Waals surface area contributed by atoms with Gasteiger partial charge in [0, 0.05) is 22.8 Å². The fourth-order valence-electron chi connectivity index (χ4n) is 3.64. The Morgan fingerprint density at radius 2 is 2.03 bits per heavy atom. The quantitative estimate of drug-likeness (QED) is 0.612. The Bertz CT molecular complexity index is 1070. The minimum absolute atomic E-state index is 0.0150. The molecule has 1 unspecified atom stereocenters. The first-order valence-corrected chi connectivity index (χ1v) is 9.28. The third-order valence-electron chi connectivity index (χ3n) is 5.06. The highest BCUT2D eigenvalue weighted by Crippen LogP contribution is 2.38. The van der Waals surface area contributed by atoms with E-state index in [0.29, 0.717) is 34.8 Å². The largest absolute Gasteiger partial charge is 0.454 e. The molecule has 0 radical (unpaired) electrons. The highest BCUT2D eigenvalue weighted by molar-refractivity contribution is 6.14. The first-order valence-electron chi connectivity index (χ1n) is 9.28. The highest BCUT2D eigenvalue weighted by atomic mass is 16.7. The zero-order chi connectivity index (χ0) is 21.4. The summed E-state index contributed by atoms with van der Waals surface area (Å²) < 4.78 is 11.0. The standard InChI is InChI=1S/C20H20N4O6/c1-11-6-13(4-5-16(11)24(26)27)19-15-9-18-17(29-10-30-18)8-14(15)7-12(2)23(21-19)20(25)22-28-3/h4-6,8-9,12H,7,10H2,1-3H3,(H,22,25). The molecule has 0 bridgehead atoms. The first-order chi connectivity index (χ1) is 14.4. The zero-order valence-corrected chi connectivity index (χ0v) is 16.7. The summed E-state index contributed by atoms with van der Waals surface area (Å²) in [7, 11) is 1.35. The third kappa shape index (κ3) is 3.41. The number of nitrogens with one attached hydrogen (secondary N) is 1. The number of carbonyl (C=O) groups excluding carboxylic acids is 1. The van der Waals surface area contributed by atoms with Crippen molar-refractivity contribution in [1.82, 2.24) is 10.5 Å². The van der Waals surface area contributed by atoms with Crippen molar-refractivity contribution in [2.75, 3.05) is 13.9 Å². The number of benzene rings is 2. The summed E-state index contributed by atoms with van der Waals surface area (Å²) in [5.41, 5.74) is 5.64. The highest BCUT2D eigenvalue weighted by Gasteiger charge is 2.30. The molecule has 0 spiro atoms. The number of ether oxygens (including phenoxy) is 2. The Labute approximate surface area is 172 Å². The van der Waals surface area contributed by atoms with Gasteiger partial charge in [0.15, 0.2) is 11.5 Å². The zero-order valence-electron chi connectivity index (χ0n) is 16.7. The van der Waals surface area contributed by atoms with Gasteiger partial charge in [-0.15, -0.1) is 0 Å². The Kier molecular flexibility index (Phi) is 5.00. The van der Waals surface area contributed by atoms with Gasteiger partial charge in [-0.2, -0.15) is 5.10 Å². The lowest BCUT2D eigenvalue weighted by atomic mass is 9.93. The minimum Gasteiger partial charge on any atom is -0.454 e. The molecule has 0 aliphatic carbocycles. The van der Waals surface area contributed by atoms with Crippen molar-refractivity contribution in [2.45, 2.75) is 26.3 Å². The molecule has 0 saturated heterocycles. The van der Waals surface area contributed by atoms with Crippen LogP contribution < -0.4 is 15.0 Å². The van der Waals surface area contributed by atoms with E-state index < -0.39 is 11.0 Å². The second-order valence-corrected chi connectivity index (χ2v) is 7.08. The lowest BCUT2D eigenvalue weighted by Crippen LogP contribution is -2.42. The second kappa shape index (κ2) is 7.64. The minimum atomic E-state index is -0.519. The van der Waals surface area contributed by atoms with Crippen LogP contribution in [0.3, 0.4) is 0 Å². The van der Waals surface area contributed by atoms with Crippen molar-refractivity contribution in [1.29, 1.82) is 0 Å². The molecule has 0 aromatic heterocycles. The van der Waals surface area contributed by atoms with Gasteiger partial charge in [0.2, 0.25) is 6.79 Å². The van der Waals surface area contributed by atoms with E-state index >= 15 is 0 Å². The maximum Gasteiger partial charge on any atom is 0.361 e. The SMILES string of the molecule is CONC(=O)N1N=C(c2ccc([N+](=O)[O-])c(C)c2)c2cc3c(cc2CC1C)OCO3. The van der Waals surface area contributed by atoms with E-state index in [1.165, 1.54) is 18.2 Å². The summed E-state index contributed by atoms with van der Waals surface area (Å²) >= 11 is 0. The van der Waals surface area contributed by atoms with Crippen LogP contribution in [0.15, 0.2) is 35.4 Å². The van der Waals surface area contributed by atoms with Gasteiger partial charge in [-0.3, -0.25) is 15.0 Å². The Balaban J connectivity index is 1.89. The average molecular weight is 412 g/mol. The van der Waals surface area contributed by atoms with Gasteiger partial charge >= 0.3 is 6.03 Å². The summed E-state index contributed by atoms with van der Waals surface area (Å²) in [6, 6.07) is 7.67. The number of fused-ring (bicyclic) bond motifs is 2. The molecule has 2 aromatic rings. The molecule has 2 heterocycles. The van der Waals surface area contributed by atoms with Crippen LogP contribution in [0.5, 0.6) is 11.5 Å². The predicted molar refractivity (Wildman–Crippen MR) is 107 cm³/mol. The van der Waals surface area contributed by atoms with Crippen molar-refractivity contribution in [2.24, 2.45) is 5.10 Å². The maximum absolute atomic E-state index is 12.5. The third-order valence-corrected chi connectivity index (χ3v) is 5.06. The Hall–Kier alpha value is -3.66. The number of hydrogen-bond donors (Lipinski definition) is 1. The van der Waals surface area contributed by atoms with Crippen LogP contribution in [0.2, 0.25) is 0 Å². The van der Waals surface area contributed by atoms with Crippen molar-refractivity contribution < 1.29 is 24.0 Å². The number of nitrogens with zero attached hydrogens (tertiary/aromatic N) is 3. The van der Waals surface area contributed by atoms with Crippen LogP contribution in [0.4, 0.5) is 10.5 Å². The molecule has 2 amide bonds. The fourth-order valence-corrected chi connectivity index (χ4v) is 3.64. The van der Waals surface area contributed by atoms with Gasteiger partial charge in [0.05, 0.1) is 23.8 Å². The number of hydrazone groups is 1. The number of amides is 2. The van der Waals surface area contributed by atoms with E-state index in [0.717, 1.165) is 11.1 Å². The van der Waals surface area contributed by atoms with Gasteiger partial charge in [0.25, 0.3) is 5.69 Å². The average Bonchev–Trinajstić information content (AvgIpc) is 3.09. The Morgan fingerprint density at radius 3 is 2.70 bits per heavy atom. The lowest BCUT2D eigenvalue weighted by molar-refractivity contribution is -0.385. The number of aryl methyl sites for hydroxylation is 1. The predicted octanol–water partition coefficient (Wildman–Crippen LogP) is 2.90. The van der Waals surface area contributed by atoms with E-state index in [-0.39, 0.29) is 18.5 Å². The maximum atomic E-state index is 12.5. The lowest BCUT2D eigenvalue weighted by Gasteiger charge is -2.22. The van der Waals surface area contributed by atoms with E-state index in [4.69, 9.17) is 14.3 Å². The van der Waals surface area contributed by atoms with Crippen molar-refractivity contribution in [3.63, 3.8) is 0 Å². The Morgan fingerprint density at radius 1 is 1.30 bits per heavy atom. The van der Waals surface area contributed by atoms with E-state index in [2.05, 4.69) is 10.6 Å². The molecule has 10 heteroatoms. The molecule has 4 rings (SSSR count).